The third-order valence-corrected chi connectivity index (χ3v) is 38.0. The Morgan fingerprint density at radius 1 is 0.493 bits per heavy atom. The Labute approximate surface area is 454 Å². The van der Waals surface area contributed by atoms with Gasteiger partial charge in [0.1, 0.15) is 11.5 Å². The Hall–Kier alpha value is -0.372. The van der Waals surface area contributed by atoms with Gasteiger partial charge in [-0.25, -0.2) is 9.56 Å². The molecular weight excluding hydrogens is 1140 g/mol. The zero-order valence-electron chi connectivity index (χ0n) is 42.2. The molecule has 4 aromatic carbocycles. The van der Waals surface area contributed by atoms with Crippen LogP contribution in [-0.4, -0.2) is 74.2 Å². The molecule has 0 aliphatic heterocycles. The van der Waals surface area contributed by atoms with Crippen LogP contribution in [0.5, 0.6) is 11.5 Å². The van der Waals surface area contributed by atoms with E-state index in [4.69, 9.17) is 93.9 Å². The number of hydrogen-bond donors (Lipinski definition) is 0. The molecule has 0 saturated heterocycles. The largest absolute Gasteiger partial charge is 0.419 e. The van der Waals surface area contributed by atoms with Crippen molar-refractivity contribution in [3.63, 3.8) is 0 Å². The van der Waals surface area contributed by atoms with Crippen LogP contribution in [0, 0.1) is 0 Å². The minimum atomic E-state index is -3.62. The van der Waals surface area contributed by atoms with E-state index in [2.05, 4.69) is 130 Å². The lowest BCUT2D eigenvalue weighted by Gasteiger charge is -2.41. The predicted octanol–water partition coefficient (Wildman–Crippen LogP) is 18.3. The fourth-order valence-corrected chi connectivity index (χ4v) is 32.2. The standard InChI is InChI=1S/C47H73Cl4N5O2P4S3Si4/c1-55(60(48,49)63)52-39-42-25-29-44(30-26-42)57-62(65,58-45-31-27-43(28-32-45)40-53-56(2)61(50,51)64)54-59(46-21-14-12-15-22-46,47-23-16-13-17-24-47)41-69(36-18-33-66(3,4)5,37-19-34-67(6,7)8)38-20-35-68(9,10)11/h12-17,21-32,39-40H,18-20,33-38,41H2,1-11H3/b52-39+,53-40+. The third kappa shape index (κ3) is 21.8. The molecule has 22 heteroatoms. The van der Waals surface area contributed by atoms with E-state index < -0.39 is 55.8 Å². The van der Waals surface area contributed by atoms with Gasteiger partial charge in [-0.15, -0.1) is 0 Å². The van der Waals surface area contributed by atoms with Crippen LogP contribution in [0.25, 0.3) is 0 Å². The van der Waals surface area contributed by atoms with E-state index in [0.29, 0.717) is 11.5 Å². The van der Waals surface area contributed by atoms with Crippen molar-refractivity contribution in [2.45, 2.75) is 114 Å². The van der Waals surface area contributed by atoms with Crippen molar-refractivity contribution in [3.05, 3.63) is 120 Å². The van der Waals surface area contributed by atoms with Crippen LogP contribution in [0.2, 0.25) is 95.2 Å². The molecule has 0 aliphatic carbocycles. The molecule has 0 radical (unpaired) electrons. The lowest BCUT2D eigenvalue weighted by Crippen LogP contribution is -2.43. The quantitative estimate of drug-likeness (QED) is 0.0255. The van der Waals surface area contributed by atoms with Gasteiger partial charge in [0.05, 0.1) is 20.5 Å². The molecule has 0 N–H and O–H groups in total. The van der Waals surface area contributed by atoms with Gasteiger partial charge in [-0.1, -0.05) is 175 Å². The molecule has 0 amide bonds. The van der Waals surface area contributed by atoms with Gasteiger partial charge in [-0.2, -0.15) is 14.7 Å². The summed E-state index contributed by atoms with van der Waals surface area (Å²) in [5.41, 5.74) is 1.61. The second-order valence-electron chi connectivity index (χ2n) is 21.6. The summed E-state index contributed by atoms with van der Waals surface area (Å²) in [6.07, 6.45) is 7.13. The first-order chi connectivity index (χ1) is 31.9. The second kappa shape index (κ2) is 26.4. The van der Waals surface area contributed by atoms with Crippen molar-refractivity contribution in [1.29, 1.82) is 0 Å². The van der Waals surface area contributed by atoms with Crippen LogP contribution in [0.4, 0.5) is 0 Å². The van der Waals surface area contributed by atoms with Crippen LogP contribution in [0.15, 0.2) is 124 Å². The summed E-state index contributed by atoms with van der Waals surface area (Å²) in [6, 6.07) is 45.0. The van der Waals surface area contributed by atoms with Crippen molar-refractivity contribution in [1.82, 2.24) is 9.56 Å². The Morgan fingerprint density at radius 2 is 0.812 bits per heavy atom. The molecule has 0 heterocycles. The first kappa shape index (κ1) is 61.2. The minimum Gasteiger partial charge on any atom is -0.419 e. The summed E-state index contributed by atoms with van der Waals surface area (Å²) >= 11 is 42.2. The molecule has 0 aliphatic rings. The topological polar surface area (TPSA) is 62.0 Å². The summed E-state index contributed by atoms with van der Waals surface area (Å²) < 4.78 is 23.2. The highest BCUT2D eigenvalue weighted by molar-refractivity contribution is 8.38. The molecule has 380 valence electrons. The maximum atomic E-state index is 7.10. The fraction of sp³-hybridized carbons (Fsp3) is 0.447. The summed E-state index contributed by atoms with van der Waals surface area (Å²) in [7, 11) is -5.53. The zero-order chi connectivity index (χ0) is 51.4. The average molecular weight is 1210 g/mol. The van der Waals surface area contributed by atoms with E-state index in [1.807, 2.05) is 48.5 Å². The van der Waals surface area contributed by atoms with Crippen LogP contribution in [-0.2, 0) is 35.4 Å². The van der Waals surface area contributed by atoms with Crippen LogP contribution in [0.1, 0.15) is 30.4 Å². The Bertz CT molecular complexity index is 2340. The van der Waals surface area contributed by atoms with E-state index in [9.17, 15) is 0 Å². The number of hydrazone groups is 2. The van der Waals surface area contributed by atoms with Crippen LogP contribution >= 0.6 is 68.4 Å². The van der Waals surface area contributed by atoms with E-state index >= 15 is 0 Å². The summed E-state index contributed by atoms with van der Waals surface area (Å²) in [5, 5.41) is 11.2. The maximum Gasteiger partial charge on any atom is 0.413 e. The molecular formula is C47H73Cl4N5O2P4S3Si4. The molecule has 0 spiro atoms. The minimum absolute atomic E-state index is 0.542. The van der Waals surface area contributed by atoms with Gasteiger partial charge in [-0.05, 0) is 145 Å². The Balaban J connectivity index is 2.05. The summed E-state index contributed by atoms with van der Waals surface area (Å²) in [5.74, 6) is 2.09. The number of benzene rings is 4. The monoisotopic (exact) mass is 1210 g/mol. The Kier molecular flexibility index (Phi) is 23.4. The number of nitrogens with zero attached hydrogens (tertiary/aromatic N) is 5. The molecule has 4 aromatic rings. The summed E-state index contributed by atoms with van der Waals surface area (Å²) in [4.78, 5) is -5.55. The zero-order valence-corrected chi connectivity index (χ0v) is 55.2. The highest BCUT2D eigenvalue weighted by Gasteiger charge is 2.43. The van der Waals surface area contributed by atoms with E-state index in [-0.39, 0.29) is 0 Å². The SMILES string of the molecule is CN(/N=C/c1ccc(OP(=S)(N=P(C[Si](CCC[Si](C)(C)C)(CCC[Si](C)(C)C)CCC[Si](C)(C)C)(c2ccccc2)c2ccccc2)Oc2ccc(/C=N/N(C)P(=S)(Cl)Cl)cc2)cc1)P(=S)(Cl)Cl. The molecule has 7 nitrogen and oxygen atoms in total. The lowest BCUT2D eigenvalue weighted by molar-refractivity contribution is 0.489. The molecule has 0 aromatic heterocycles. The molecule has 0 fully saturated rings. The predicted molar refractivity (Wildman–Crippen MR) is 336 cm³/mol. The number of rotatable bonds is 27. The van der Waals surface area contributed by atoms with Crippen molar-refractivity contribution >= 4 is 159 Å². The maximum absolute atomic E-state index is 7.10. The highest BCUT2D eigenvalue weighted by Crippen LogP contribution is 2.64. The van der Waals surface area contributed by atoms with Gasteiger partial charge in [-0.3, -0.25) is 0 Å². The van der Waals surface area contributed by atoms with Crippen molar-refractivity contribution in [2.24, 2.45) is 14.7 Å². The molecule has 69 heavy (non-hydrogen) atoms. The first-order valence-electron chi connectivity index (χ1n) is 23.4. The number of halogens is 4. The van der Waals surface area contributed by atoms with Gasteiger partial charge < -0.3 is 9.05 Å². The first-order valence-corrected chi connectivity index (χ1v) is 51.0. The lowest BCUT2D eigenvalue weighted by atomic mass is 10.2. The molecule has 0 saturated carbocycles. The number of hydrogen-bond acceptors (Lipinski definition) is 7. The van der Waals surface area contributed by atoms with Gasteiger partial charge in [0.25, 0.3) is 0 Å². The van der Waals surface area contributed by atoms with Crippen molar-refractivity contribution in [3.8, 4) is 11.5 Å². The van der Waals surface area contributed by atoms with E-state index in [0.717, 1.165) is 16.9 Å². The molecule has 4 rings (SSSR count). The molecule has 0 unspecified atom stereocenters. The van der Waals surface area contributed by atoms with Crippen molar-refractivity contribution in [2.75, 3.05) is 19.9 Å². The second-order valence-corrected chi connectivity index (χ2v) is 65.5. The van der Waals surface area contributed by atoms with Gasteiger partial charge in [0.2, 0.25) is 9.79 Å². The third-order valence-electron chi connectivity index (χ3n) is 11.7. The summed E-state index contributed by atoms with van der Waals surface area (Å²) in [6.45, 7) is 19.1. The van der Waals surface area contributed by atoms with E-state index in [1.54, 1.807) is 26.5 Å². The van der Waals surface area contributed by atoms with Gasteiger partial charge >= 0.3 is 6.64 Å². The van der Waals surface area contributed by atoms with E-state index in [1.165, 1.54) is 75.7 Å². The smallest absolute Gasteiger partial charge is 0.413 e. The average Bonchev–Trinajstić information content (AvgIpc) is 3.24. The van der Waals surface area contributed by atoms with Crippen LogP contribution < -0.4 is 19.7 Å². The van der Waals surface area contributed by atoms with Crippen molar-refractivity contribution < 1.29 is 9.05 Å². The Morgan fingerprint density at radius 3 is 1.10 bits per heavy atom. The molecule has 0 bridgehead atoms. The fourth-order valence-electron chi connectivity index (χ4n) is 8.05. The van der Waals surface area contributed by atoms with Gasteiger partial charge in [0, 0.05) is 57.2 Å². The normalized spacial score (nSPS) is 13.5. The van der Waals surface area contributed by atoms with Crippen LogP contribution in [0.3, 0.4) is 0 Å². The van der Waals surface area contributed by atoms with Gasteiger partial charge in [0.15, 0.2) is 0 Å². The highest BCUT2D eigenvalue weighted by atomic mass is 35.9. The molecule has 0 atom stereocenters.